The number of nitro groups is 1. The van der Waals surface area contributed by atoms with Gasteiger partial charge in [0.05, 0.1) is 23.0 Å². The van der Waals surface area contributed by atoms with Crippen molar-refractivity contribution in [2.75, 3.05) is 6.61 Å². The topological polar surface area (TPSA) is 99.0 Å². The molecule has 2 amide bonds. The number of carbonyl (C=O) groups is 2. The van der Waals surface area contributed by atoms with E-state index in [1.807, 2.05) is 13.0 Å². The average Bonchev–Trinajstić information content (AvgIpc) is 3.11. The first-order chi connectivity index (χ1) is 17.3. The molecule has 3 aromatic carbocycles. The fourth-order valence-electron chi connectivity index (χ4n) is 3.48. The normalized spacial score (nSPS) is 14.4. The lowest BCUT2D eigenvalue weighted by Crippen LogP contribution is -2.27. The third-order valence-electron chi connectivity index (χ3n) is 5.21. The van der Waals surface area contributed by atoms with Crippen molar-refractivity contribution in [3.63, 3.8) is 0 Å². The molecule has 10 heteroatoms. The highest BCUT2D eigenvalue weighted by atomic mass is 35.5. The van der Waals surface area contributed by atoms with E-state index in [1.165, 1.54) is 17.0 Å². The van der Waals surface area contributed by atoms with Crippen LogP contribution in [-0.4, -0.2) is 27.6 Å². The average molecular weight is 525 g/mol. The maximum absolute atomic E-state index is 12.9. The van der Waals surface area contributed by atoms with Crippen molar-refractivity contribution in [1.29, 1.82) is 0 Å². The fraction of sp³-hybridized carbons (Fsp3) is 0.154. The Labute approximate surface area is 216 Å². The van der Waals surface area contributed by atoms with E-state index in [0.29, 0.717) is 33.6 Å². The molecular weight excluding hydrogens is 504 g/mol. The summed E-state index contributed by atoms with van der Waals surface area (Å²) in [5.41, 5.74) is 2.21. The van der Waals surface area contributed by atoms with Gasteiger partial charge in [-0.3, -0.25) is 24.6 Å². The van der Waals surface area contributed by atoms with E-state index < -0.39 is 4.92 Å². The monoisotopic (exact) mass is 524 g/mol. The maximum Gasteiger partial charge on any atom is 0.293 e. The SMILES string of the molecule is CCOc1cc(/C=C2\SC(=O)N(Cc3cccc(Cl)c3)C2=O)ccc1OCc1ccc([N+](=O)[O-])cc1. The third-order valence-corrected chi connectivity index (χ3v) is 6.35. The van der Waals surface area contributed by atoms with Crippen molar-refractivity contribution >= 4 is 46.3 Å². The number of nitro benzene ring substituents is 1. The largest absolute Gasteiger partial charge is 0.490 e. The molecule has 1 fully saturated rings. The number of ether oxygens (including phenoxy) is 2. The number of halogens is 1. The molecule has 8 nitrogen and oxygen atoms in total. The van der Waals surface area contributed by atoms with Crippen LogP contribution in [0.1, 0.15) is 23.6 Å². The first-order valence-corrected chi connectivity index (χ1v) is 12.2. The Kier molecular flexibility index (Phi) is 7.92. The van der Waals surface area contributed by atoms with E-state index in [0.717, 1.165) is 22.9 Å². The number of thioether (sulfide) groups is 1. The molecule has 0 saturated carbocycles. The molecule has 1 saturated heterocycles. The number of hydrogen-bond acceptors (Lipinski definition) is 7. The van der Waals surface area contributed by atoms with Crippen LogP contribution in [0.5, 0.6) is 11.5 Å². The molecule has 0 unspecified atom stereocenters. The van der Waals surface area contributed by atoms with Gasteiger partial charge in [-0.25, -0.2) is 0 Å². The lowest BCUT2D eigenvalue weighted by atomic mass is 10.1. The minimum atomic E-state index is -0.456. The molecule has 0 N–H and O–H groups in total. The second kappa shape index (κ2) is 11.3. The van der Waals surface area contributed by atoms with Crippen molar-refractivity contribution in [2.24, 2.45) is 0 Å². The number of hydrogen-bond donors (Lipinski definition) is 0. The highest BCUT2D eigenvalue weighted by Gasteiger charge is 2.35. The molecule has 3 aromatic rings. The Morgan fingerprint density at radius 3 is 2.47 bits per heavy atom. The van der Waals surface area contributed by atoms with Crippen LogP contribution in [0.4, 0.5) is 10.5 Å². The van der Waals surface area contributed by atoms with Crippen LogP contribution >= 0.6 is 23.4 Å². The Bertz CT molecular complexity index is 1340. The van der Waals surface area contributed by atoms with Gasteiger partial charge >= 0.3 is 0 Å². The number of nitrogens with zero attached hydrogens (tertiary/aromatic N) is 2. The van der Waals surface area contributed by atoms with Gasteiger partial charge in [-0.05, 0) is 77.9 Å². The van der Waals surface area contributed by atoms with Gasteiger partial charge in [-0.15, -0.1) is 0 Å². The van der Waals surface area contributed by atoms with Crippen LogP contribution in [0, 0.1) is 10.1 Å². The Hall–Kier alpha value is -3.82. The molecule has 0 spiro atoms. The number of non-ortho nitro benzene ring substituents is 1. The van der Waals surface area contributed by atoms with Crippen LogP contribution < -0.4 is 9.47 Å². The molecular formula is C26H21ClN2O6S. The van der Waals surface area contributed by atoms with E-state index in [9.17, 15) is 19.7 Å². The molecule has 1 aliphatic rings. The predicted octanol–water partition coefficient (Wildman–Crippen LogP) is 6.46. The summed E-state index contributed by atoms with van der Waals surface area (Å²) in [5, 5.41) is 11.0. The molecule has 0 aliphatic carbocycles. The Balaban J connectivity index is 1.48. The summed E-state index contributed by atoms with van der Waals surface area (Å²) < 4.78 is 11.6. The van der Waals surface area contributed by atoms with Gasteiger partial charge < -0.3 is 9.47 Å². The van der Waals surface area contributed by atoms with Crippen LogP contribution in [0.15, 0.2) is 71.6 Å². The van der Waals surface area contributed by atoms with Crippen molar-refractivity contribution in [2.45, 2.75) is 20.1 Å². The van der Waals surface area contributed by atoms with Crippen LogP contribution in [0.2, 0.25) is 5.02 Å². The summed E-state index contributed by atoms with van der Waals surface area (Å²) in [7, 11) is 0. The highest BCUT2D eigenvalue weighted by Crippen LogP contribution is 2.36. The lowest BCUT2D eigenvalue weighted by Gasteiger charge is -2.13. The van der Waals surface area contributed by atoms with Gasteiger partial charge in [0.2, 0.25) is 0 Å². The molecule has 184 valence electrons. The number of amides is 2. The first-order valence-electron chi connectivity index (χ1n) is 11.0. The molecule has 0 bridgehead atoms. The quantitative estimate of drug-likeness (QED) is 0.180. The standard InChI is InChI=1S/C26H21ClN2O6S/c1-2-34-23-13-18(8-11-22(23)35-16-17-6-9-21(10-7-17)29(32)33)14-24-25(30)28(26(31)36-24)15-19-4-3-5-20(27)12-19/h3-14H,2,15-16H2,1H3/b24-14-. The zero-order valence-electron chi connectivity index (χ0n) is 19.2. The predicted molar refractivity (Wildman–Crippen MR) is 138 cm³/mol. The molecule has 0 aromatic heterocycles. The minimum absolute atomic E-state index is 0.00934. The second-order valence-corrected chi connectivity index (χ2v) is 9.18. The van der Waals surface area contributed by atoms with Gasteiger partial charge in [0.1, 0.15) is 6.61 Å². The zero-order chi connectivity index (χ0) is 25.7. The van der Waals surface area contributed by atoms with Crippen molar-refractivity contribution in [3.8, 4) is 11.5 Å². The van der Waals surface area contributed by atoms with Gasteiger partial charge in [0, 0.05) is 17.2 Å². The molecule has 0 atom stereocenters. The number of rotatable bonds is 9. The highest BCUT2D eigenvalue weighted by molar-refractivity contribution is 8.18. The van der Waals surface area contributed by atoms with E-state index in [1.54, 1.807) is 54.6 Å². The lowest BCUT2D eigenvalue weighted by molar-refractivity contribution is -0.384. The van der Waals surface area contributed by atoms with E-state index >= 15 is 0 Å². The van der Waals surface area contributed by atoms with E-state index in [2.05, 4.69) is 0 Å². The van der Waals surface area contributed by atoms with Gasteiger partial charge in [-0.1, -0.05) is 29.8 Å². The van der Waals surface area contributed by atoms with E-state index in [4.69, 9.17) is 21.1 Å². The van der Waals surface area contributed by atoms with Gasteiger partial charge in [0.25, 0.3) is 16.8 Å². The first kappa shape index (κ1) is 25.3. The summed E-state index contributed by atoms with van der Waals surface area (Å²) in [5.74, 6) is 0.592. The van der Waals surface area contributed by atoms with Crippen molar-refractivity contribution in [1.82, 2.24) is 4.90 Å². The Morgan fingerprint density at radius 1 is 1.00 bits per heavy atom. The number of imide groups is 1. The summed E-state index contributed by atoms with van der Waals surface area (Å²) in [6, 6.07) is 18.4. The number of carbonyl (C=O) groups excluding carboxylic acids is 2. The summed E-state index contributed by atoms with van der Waals surface area (Å²) in [6.45, 7) is 2.57. The maximum atomic E-state index is 12.9. The molecule has 1 aliphatic heterocycles. The summed E-state index contributed by atoms with van der Waals surface area (Å²) >= 11 is 6.90. The fourth-order valence-corrected chi connectivity index (χ4v) is 4.53. The molecule has 1 heterocycles. The van der Waals surface area contributed by atoms with Crippen LogP contribution in [0.25, 0.3) is 6.08 Å². The van der Waals surface area contributed by atoms with Gasteiger partial charge in [-0.2, -0.15) is 0 Å². The Morgan fingerprint density at radius 2 is 1.78 bits per heavy atom. The minimum Gasteiger partial charge on any atom is -0.490 e. The third kappa shape index (κ3) is 6.05. The van der Waals surface area contributed by atoms with E-state index in [-0.39, 0.29) is 30.0 Å². The summed E-state index contributed by atoms with van der Waals surface area (Å²) in [4.78, 5) is 37.2. The van der Waals surface area contributed by atoms with Gasteiger partial charge in [0.15, 0.2) is 11.5 Å². The van der Waals surface area contributed by atoms with Crippen molar-refractivity contribution < 1.29 is 24.0 Å². The number of benzene rings is 3. The zero-order valence-corrected chi connectivity index (χ0v) is 20.8. The molecule has 0 radical (unpaired) electrons. The van der Waals surface area contributed by atoms with Crippen LogP contribution in [0.3, 0.4) is 0 Å². The van der Waals surface area contributed by atoms with Crippen molar-refractivity contribution in [3.05, 3.63) is 103 Å². The smallest absolute Gasteiger partial charge is 0.293 e. The molecule has 36 heavy (non-hydrogen) atoms. The summed E-state index contributed by atoms with van der Waals surface area (Å²) in [6.07, 6.45) is 1.64. The van der Waals surface area contributed by atoms with Crippen LogP contribution in [-0.2, 0) is 17.9 Å². The second-order valence-electron chi connectivity index (χ2n) is 7.75. The molecule has 4 rings (SSSR count).